The molecule has 5 nitrogen and oxygen atoms in total. The van der Waals surface area contributed by atoms with Crippen LogP contribution in [-0.2, 0) is 11.4 Å². The molecule has 4 rings (SSSR count). The van der Waals surface area contributed by atoms with Crippen LogP contribution >= 0.6 is 23.5 Å². The molecular formula is C26H21N3O2S2. The molecule has 0 bridgehead atoms. The van der Waals surface area contributed by atoms with Crippen LogP contribution in [-0.4, -0.2) is 29.3 Å². The number of aliphatic imine (C=N–C) groups is 1. The third kappa shape index (κ3) is 5.30. The quantitative estimate of drug-likeness (QED) is 0.321. The summed E-state index contributed by atoms with van der Waals surface area (Å²) in [4.78, 5) is 20.8. The number of benzene rings is 3. The maximum atomic E-state index is 12.9. The zero-order chi connectivity index (χ0) is 23.2. The molecule has 1 fully saturated rings. The van der Waals surface area contributed by atoms with Crippen LogP contribution < -0.4 is 4.74 Å². The molecule has 7 heteroatoms. The molecule has 0 unspecified atom stereocenters. The third-order valence-electron chi connectivity index (χ3n) is 5.01. The van der Waals surface area contributed by atoms with E-state index < -0.39 is 0 Å². The Hall–Kier alpha value is -3.47. The number of nitrogens with zero attached hydrogens (tertiary/aromatic N) is 3. The fourth-order valence-corrected chi connectivity index (χ4v) is 4.66. The largest absolute Gasteiger partial charge is 0.488 e. The van der Waals surface area contributed by atoms with Gasteiger partial charge < -0.3 is 4.74 Å². The topological polar surface area (TPSA) is 65.7 Å². The lowest BCUT2D eigenvalue weighted by molar-refractivity contribution is -0.121. The summed E-state index contributed by atoms with van der Waals surface area (Å²) in [5.74, 6) is 0.538. The molecular weight excluding hydrogens is 450 g/mol. The molecule has 0 saturated carbocycles. The van der Waals surface area contributed by atoms with Crippen LogP contribution in [0.25, 0.3) is 6.08 Å². The molecule has 0 N–H and O–H groups in total. The number of ether oxygens (including phenoxy) is 1. The van der Waals surface area contributed by atoms with E-state index in [-0.39, 0.29) is 12.5 Å². The highest BCUT2D eigenvalue weighted by molar-refractivity contribution is 8.18. The molecule has 0 radical (unpaired) electrons. The molecule has 0 atom stereocenters. The van der Waals surface area contributed by atoms with E-state index in [1.165, 1.54) is 11.8 Å². The Labute approximate surface area is 201 Å². The molecule has 0 aliphatic carbocycles. The lowest BCUT2D eigenvalue weighted by atomic mass is 10.1. The number of carbonyl (C=O) groups is 1. The molecule has 1 heterocycles. The number of hydrogen-bond acceptors (Lipinski definition) is 6. The van der Waals surface area contributed by atoms with Gasteiger partial charge in [-0.25, -0.2) is 4.99 Å². The fraction of sp³-hybridized carbons (Fsp3) is 0.115. The number of nitriles is 1. The van der Waals surface area contributed by atoms with Gasteiger partial charge in [0, 0.05) is 23.1 Å². The zero-order valence-corrected chi connectivity index (χ0v) is 19.8. The van der Waals surface area contributed by atoms with Crippen molar-refractivity contribution < 1.29 is 9.53 Å². The summed E-state index contributed by atoms with van der Waals surface area (Å²) in [5.41, 5.74) is 3.00. The van der Waals surface area contributed by atoms with Crippen molar-refractivity contribution in [1.29, 1.82) is 5.26 Å². The molecule has 1 amide bonds. The van der Waals surface area contributed by atoms with Crippen molar-refractivity contribution >= 4 is 46.4 Å². The molecule has 0 aromatic heterocycles. The number of para-hydroxylation sites is 1. The van der Waals surface area contributed by atoms with Crippen molar-refractivity contribution in [2.24, 2.45) is 4.99 Å². The van der Waals surface area contributed by atoms with Gasteiger partial charge in [0.15, 0.2) is 5.17 Å². The summed E-state index contributed by atoms with van der Waals surface area (Å²) >= 11 is 2.99. The van der Waals surface area contributed by atoms with Crippen molar-refractivity contribution in [3.8, 4) is 11.8 Å². The second-order valence-corrected chi connectivity index (χ2v) is 9.05. The number of amides is 1. The monoisotopic (exact) mass is 471 g/mol. The molecule has 3 aromatic carbocycles. The van der Waals surface area contributed by atoms with E-state index in [4.69, 9.17) is 4.74 Å². The van der Waals surface area contributed by atoms with Crippen LogP contribution in [0, 0.1) is 11.3 Å². The normalized spacial score (nSPS) is 15.8. The molecule has 164 valence electrons. The Morgan fingerprint density at radius 1 is 1.12 bits per heavy atom. The second-order valence-electron chi connectivity index (χ2n) is 7.17. The van der Waals surface area contributed by atoms with Gasteiger partial charge in [0.25, 0.3) is 5.91 Å². The minimum absolute atomic E-state index is 0.107. The molecule has 3 aromatic rings. The Morgan fingerprint density at radius 3 is 2.73 bits per heavy atom. The smallest absolute Gasteiger partial charge is 0.266 e. The first-order chi connectivity index (χ1) is 16.1. The summed E-state index contributed by atoms with van der Waals surface area (Å²) in [6, 6.07) is 25.0. The Balaban J connectivity index is 1.57. The Morgan fingerprint density at radius 2 is 1.91 bits per heavy atom. The van der Waals surface area contributed by atoms with Gasteiger partial charge in [0.05, 0.1) is 22.2 Å². The molecule has 0 spiro atoms. The lowest BCUT2D eigenvalue weighted by Gasteiger charge is -2.10. The fourth-order valence-electron chi connectivity index (χ4n) is 3.23. The van der Waals surface area contributed by atoms with Crippen LogP contribution in [0.3, 0.4) is 0 Å². The van der Waals surface area contributed by atoms with Gasteiger partial charge in [-0.05, 0) is 54.4 Å². The minimum Gasteiger partial charge on any atom is -0.488 e. The van der Waals surface area contributed by atoms with Gasteiger partial charge in [-0.3, -0.25) is 9.69 Å². The maximum Gasteiger partial charge on any atom is 0.266 e. The number of carbonyl (C=O) groups excluding carboxylic acids is 1. The van der Waals surface area contributed by atoms with Gasteiger partial charge in [0.2, 0.25) is 0 Å². The maximum absolute atomic E-state index is 12.9. The number of likely N-dealkylation sites (N-methyl/N-ethyl adjacent to an activating group) is 1. The predicted molar refractivity (Wildman–Crippen MR) is 136 cm³/mol. The van der Waals surface area contributed by atoms with Gasteiger partial charge in [-0.15, -0.1) is 11.8 Å². The van der Waals surface area contributed by atoms with Gasteiger partial charge in [-0.2, -0.15) is 5.26 Å². The molecule has 33 heavy (non-hydrogen) atoms. The first-order valence-corrected chi connectivity index (χ1v) is 12.2. The number of rotatable bonds is 6. The van der Waals surface area contributed by atoms with Gasteiger partial charge >= 0.3 is 0 Å². The summed E-state index contributed by atoms with van der Waals surface area (Å²) in [5, 5.41) is 9.93. The summed E-state index contributed by atoms with van der Waals surface area (Å²) in [6.45, 7) is 0.267. The second kappa shape index (κ2) is 10.4. The van der Waals surface area contributed by atoms with E-state index in [2.05, 4.69) is 11.1 Å². The van der Waals surface area contributed by atoms with Gasteiger partial charge in [-0.1, -0.05) is 42.5 Å². The highest BCUT2D eigenvalue weighted by Crippen LogP contribution is 2.35. The third-order valence-corrected chi connectivity index (χ3v) is 6.79. The van der Waals surface area contributed by atoms with E-state index >= 15 is 0 Å². The Kier molecular flexibility index (Phi) is 7.18. The standard InChI is InChI=1S/C26H21N3O2S2/c1-29-25(30)24(33-26(29)28-21-11-7-12-22(15-21)32-2)14-18-8-5-6-13-23(18)31-17-20-10-4-3-9-19(20)16-27/h3-15H,17H2,1-2H3. The van der Waals surface area contributed by atoms with Crippen LogP contribution in [0.5, 0.6) is 5.75 Å². The van der Waals surface area contributed by atoms with E-state index in [1.807, 2.05) is 79.1 Å². The zero-order valence-electron chi connectivity index (χ0n) is 18.2. The number of hydrogen-bond donors (Lipinski definition) is 0. The average Bonchev–Trinajstić information content (AvgIpc) is 3.11. The van der Waals surface area contributed by atoms with Crippen LogP contribution in [0.15, 0.2) is 87.6 Å². The van der Waals surface area contributed by atoms with Crippen LogP contribution in [0.2, 0.25) is 0 Å². The van der Waals surface area contributed by atoms with E-state index in [0.717, 1.165) is 21.7 Å². The van der Waals surface area contributed by atoms with Crippen molar-refractivity contribution in [3.63, 3.8) is 0 Å². The van der Waals surface area contributed by atoms with E-state index in [1.54, 1.807) is 29.8 Å². The highest BCUT2D eigenvalue weighted by atomic mass is 32.2. The SMILES string of the molecule is CSc1cccc(N=C2SC(=Cc3ccccc3OCc3ccccc3C#N)C(=O)N2C)c1. The number of thioether (sulfide) groups is 2. The first kappa shape index (κ1) is 22.7. The van der Waals surface area contributed by atoms with Crippen LogP contribution in [0.4, 0.5) is 5.69 Å². The lowest BCUT2D eigenvalue weighted by Crippen LogP contribution is -2.23. The van der Waals surface area contributed by atoms with Crippen molar-refractivity contribution in [3.05, 3.63) is 94.4 Å². The van der Waals surface area contributed by atoms with Crippen molar-refractivity contribution in [2.45, 2.75) is 11.5 Å². The highest BCUT2D eigenvalue weighted by Gasteiger charge is 2.30. The summed E-state index contributed by atoms with van der Waals surface area (Å²) < 4.78 is 6.02. The van der Waals surface area contributed by atoms with Crippen molar-refractivity contribution in [2.75, 3.05) is 13.3 Å². The summed E-state index contributed by atoms with van der Waals surface area (Å²) in [7, 11) is 1.73. The molecule has 1 aliphatic heterocycles. The predicted octanol–water partition coefficient (Wildman–Crippen LogP) is 6.09. The number of amidine groups is 1. The molecule has 1 aliphatic rings. The van der Waals surface area contributed by atoms with Gasteiger partial charge in [0.1, 0.15) is 12.4 Å². The average molecular weight is 472 g/mol. The summed E-state index contributed by atoms with van der Waals surface area (Å²) in [6.07, 6.45) is 3.85. The minimum atomic E-state index is -0.107. The first-order valence-electron chi connectivity index (χ1n) is 10.2. The molecule has 1 saturated heterocycles. The van der Waals surface area contributed by atoms with E-state index in [0.29, 0.717) is 21.4 Å². The Bertz CT molecular complexity index is 1290. The van der Waals surface area contributed by atoms with Crippen molar-refractivity contribution in [1.82, 2.24) is 4.90 Å². The van der Waals surface area contributed by atoms with Crippen LogP contribution in [0.1, 0.15) is 16.7 Å². The van der Waals surface area contributed by atoms with E-state index in [9.17, 15) is 10.1 Å².